The van der Waals surface area contributed by atoms with Crippen molar-refractivity contribution in [2.24, 2.45) is 0 Å². The Bertz CT molecular complexity index is 5150. The van der Waals surface area contributed by atoms with E-state index in [-0.39, 0.29) is 22.7 Å². The predicted octanol–water partition coefficient (Wildman–Crippen LogP) is 17.0. The van der Waals surface area contributed by atoms with Gasteiger partial charge in [-0.1, -0.05) is 158 Å². The van der Waals surface area contributed by atoms with Crippen molar-refractivity contribution < 1.29 is 39.5 Å². The van der Waals surface area contributed by atoms with E-state index in [9.17, 15) is 0 Å². The number of para-hydroxylation sites is 8. The molecule has 474 valence electrons. The van der Waals surface area contributed by atoms with Gasteiger partial charge >= 0.3 is 18.5 Å². The lowest BCUT2D eigenvalue weighted by Crippen LogP contribution is -2.66. The first-order valence-corrected chi connectivity index (χ1v) is 32.5. The Morgan fingerprint density at radius 3 is 0.596 bits per heavy atom. The van der Waals surface area contributed by atoms with Crippen LogP contribution < -0.4 is 78.6 Å². The normalized spacial score (nSPS) is 14.3. The van der Waals surface area contributed by atoms with Gasteiger partial charge in [-0.25, -0.2) is 0 Å². The summed E-state index contributed by atoms with van der Waals surface area (Å²) in [6, 6.07) is 86.5. The average Bonchev–Trinajstić information content (AvgIpc) is 0.682. The summed E-state index contributed by atoms with van der Waals surface area (Å²) in [5.74, 6) is 0. The highest BCUT2D eigenvalue weighted by molar-refractivity contribution is 7.04. The molecule has 6 nitrogen and oxygen atoms in total. The number of alkyl halides is 9. The lowest BCUT2D eigenvalue weighted by molar-refractivity contribution is -0.138. The molecule has 6 aliphatic rings. The highest BCUT2D eigenvalue weighted by atomic mass is 19.4. The molecule has 0 fully saturated rings. The molecule has 0 N–H and O–H groups in total. The van der Waals surface area contributed by atoms with Crippen LogP contribution in [0.4, 0.5) is 142 Å². The van der Waals surface area contributed by atoms with Crippen molar-refractivity contribution >= 4 is 172 Å². The van der Waals surface area contributed by atoms with Gasteiger partial charge in [0.2, 0.25) is 0 Å². The van der Waals surface area contributed by atoms with Crippen LogP contribution in [0.3, 0.4) is 0 Å². The maximum Gasteiger partial charge on any atom is 0.416 e. The van der Waals surface area contributed by atoms with Crippen LogP contribution in [-0.4, -0.2) is 20.1 Å². The van der Waals surface area contributed by atoms with Gasteiger partial charge in [-0.3, -0.25) is 0 Å². The molecule has 0 amide bonds. The first-order valence-electron chi connectivity index (χ1n) is 32.5. The highest BCUT2D eigenvalue weighted by Gasteiger charge is 2.53. The number of nitrogens with zero attached hydrogens (tertiary/aromatic N) is 6. The van der Waals surface area contributed by atoms with E-state index in [1.54, 1.807) is 0 Å². The molecule has 0 bridgehead atoms. The van der Waals surface area contributed by atoms with Crippen molar-refractivity contribution in [1.82, 2.24) is 0 Å². The van der Waals surface area contributed by atoms with Crippen molar-refractivity contribution in [3.05, 3.63) is 308 Å². The molecular formula is C81H48B3F9N6. The second-order valence-electron chi connectivity index (χ2n) is 25.7. The second kappa shape index (κ2) is 21.4. The molecule has 6 heterocycles. The molecule has 19 rings (SSSR count). The standard InChI is InChI=1S/C81H48B3F9N6/c85-79(86,87)49-39-70-76-72(41-49)96(54-27-11-3-12-28-54)66-47-68-62(45-60(66)82(76)58-35-19-21-37-64(58)94(70)52-23-7-1-8-24-52)84-63-46-61-67(48-69(63)99(57-33-17-6-18-34-57)75-44-51(81(91,92)93)43-74(78(75)84)98(68)56-31-15-5-16-32-56)97(55-29-13-4-14-30-55)73-42-50(80(88,89)90)40-71-77(73)83(61)59-36-20-22-38-65(59)95(71)53-25-9-2-10-26-53/h1-48H. The van der Waals surface area contributed by atoms with E-state index in [2.05, 4.69) is 12.1 Å². The predicted molar refractivity (Wildman–Crippen MR) is 384 cm³/mol. The van der Waals surface area contributed by atoms with E-state index >= 15 is 39.5 Å². The van der Waals surface area contributed by atoms with Crippen LogP contribution in [0.1, 0.15) is 16.7 Å². The third-order valence-electron chi connectivity index (χ3n) is 20.3. The Hall–Kier alpha value is -11.8. The molecule has 18 heteroatoms. The molecule has 6 aliphatic heterocycles. The number of fused-ring (bicyclic) bond motifs is 12. The van der Waals surface area contributed by atoms with E-state index in [1.165, 1.54) is 36.4 Å². The largest absolute Gasteiger partial charge is 0.416 e. The summed E-state index contributed by atoms with van der Waals surface area (Å²) in [6.07, 6.45) is -14.5. The van der Waals surface area contributed by atoms with Crippen LogP contribution in [0, 0.1) is 0 Å². The fourth-order valence-corrected chi connectivity index (χ4v) is 16.5. The third-order valence-corrected chi connectivity index (χ3v) is 20.3. The zero-order valence-corrected chi connectivity index (χ0v) is 52.0. The minimum absolute atomic E-state index is 0.221. The van der Waals surface area contributed by atoms with Gasteiger partial charge in [0.05, 0.1) is 16.7 Å². The Labute approximate surface area is 564 Å². The SMILES string of the molecule is FC(F)(F)c1cc2c3c(c1)N(c1ccccc1)c1cc4c(cc1B3c1ccccc1N2c1ccccc1)B1c2cc3c(cc2N(c2ccccc2)c2cc(C(F)(F)F)cc(c21)N4c1ccccc1)N(c1ccccc1)c1cc(C(F)(F)F)cc2c1B3c1ccccc1N2c1ccccc1. The lowest BCUT2D eigenvalue weighted by Gasteiger charge is -2.48. The molecule has 0 saturated heterocycles. The Morgan fingerprint density at radius 2 is 0.374 bits per heavy atom. The van der Waals surface area contributed by atoms with Gasteiger partial charge in [-0.2, -0.15) is 39.5 Å². The first-order chi connectivity index (χ1) is 48.1. The van der Waals surface area contributed by atoms with E-state index in [0.717, 1.165) is 21.9 Å². The molecule has 0 radical (unpaired) electrons. The van der Waals surface area contributed by atoms with Crippen LogP contribution in [0.2, 0.25) is 0 Å². The van der Waals surface area contributed by atoms with Gasteiger partial charge < -0.3 is 29.4 Å². The fourth-order valence-electron chi connectivity index (χ4n) is 16.5. The van der Waals surface area contributed by atoms with E-state index in [1.807, 2.05) is 272 Å². The molecule has 0 spiro atoms. The first kappa shape index (κ1) is 58.6. The van der Waals surface area contributed by atoms with Gasteiger partial charge in [0, 0.05) is 102 Å². The summed E-state index contributed by atoms with van der Waals surface area (Å²) in [7, 11) is 0. The number of anilines is 18. The number of benzene rings is 13. The molecule has 13 aromatic carbocycles. The Kier molecular flexibility index (Phi) is 12.6. The summed E-state index contributed by atoms with van der Waals surface area (Å²) < 4.78 is 145. The number of hydrogen-bond acceptors (Lipinski definition) is 6. The van der Waals surface area contributed by atoms with Crippen molar-refractivity contribution in [2.45, 2.75) is 18.5 Å². The summed E-state index contributed by atoms with van der Waals surface area (Å²) >= 11 is 0. The Balaban J connectivity index is 0.962. The maximum absolute atomic E-state index is 16.4. The third kappa shape index (κ3) is 8.76. The molecule has 0 atom stereocenters. The topological polar surface area (TPSA) is 19.4 Å². The van der Waals surface area contributed by atoms with Crippen molar-refractivity contribution in [1.29, 1.82) is 0 Å². The number of rotatable bonds is 6. The van der Waals surface area contributed by atoms with E-state index in [4.69, 9.17) is 0 Å². The minimum atomic E-state index is -4.91. The summed E-state index contributed by atoms with van der Waals surface area (Å²) in [6.45, 7) is -2.33. The molecule has 99 heavy (non-hydrogen) atoms. The number of hydrogen-bond donors (Lipinski definition) is 0. The summed E-state index contributed by atoms with van der Waals surface area (Å²) in [5, 5.41) is 0. The molecular weight excluding hydrogens is 1260 g/mol. The molecule has 13 aromatic rings. The second-order valence-corrected chi connectivity index (χ2v) is 25.7. The van der Waals surface area contributed by atoms with Crippen molar-refractivity contribution in [3.63, 3.8) is 0 Å². The van der Waals surface area contributed by atoms with Crippen molar-refractivity contribution in [2.75, 3.05) is 29.4 Å². The zero-order valence-electron chi connectivity index (χ0n) is 52.0. The molecule has 0 aromatic heterocycles. The van der Waals surface area contributed by atoms with Crippen LogP contribution in [0.5, 0.6) is 0 Å². The van der Waals surface area contributed by atoms with E-state index < -0.39 is 55.4 Å². The van der Waals surface area contributed by atoms with Crippen LogP contribution in [0.25, 0.3) is 0 Å². The van der Waals surface area contributed by atoms with Gasteiger partial charge in [-0.05, 0) is 183 Å². The van der Waals surface area contributed by atoms with Crippen LogP contribution in [0.15, 0.2) is 291 Å². The maximum atomic E-state index is 16.4. The zero-order chi connectivity index (χ0) is 67.0. The van der Waals surface area contributed by atoms with Gasteiger partial charge in [0.25, 0.3) is 20.1 Å². The molecule has 0 aliphatic carbocycles. The van der Waals surface area contributed by atoms with Gasteiger partial charge in [0.15, 0.2) is 0 Å². The van der Waals surface area contributed by atoms with Crippen LogP contribution in [-0.2, 0) is 18.5 Å². The quantitative estimate of drug-likeness (QED) is 0.121. The van der Waals surface area contributed by atoms with Crippen LogP contribution >= 0.6 is 0 Å². The van der Waals surface area contributed by atoms with Gasteiger partial charge in [0.1, 0.15) is 0 Å². The van der Waals surface area contributed by atoms with E-state index in [0.29, 0.717) is 107 Å². The Morgan fingerprint density at radius 1 is 0.182 bits per heavy atom. The lowest BCUT2D eigenvalue weighted by atomic mass is 9.29. The average molecular weight is 1310 g/mol. The van der Waals surface area contributed by atoms with Crippen molar-refractivity contribution in [3.8, 4) is 0 Å². The highest BCUT2D eigenvalue weighted by Crippen LogP contribution is 2.54. The van der Waals surface area contributed by atoms with Gasteiger partial charge in [-0.15, -0.1) is 0 Å². The summed E-state index contributed by atoms with van der Waals surface area (Å²) in [5.41, 5.74) is 12.0. The molecule has 0 saturated carbocycles. The smallest absolute Gasteiger partial charge is 0.311 e. The summed E-state index contributed by atoms with van der Waals surface area (Å²) in [4.78, 5) is 11.3. The monoisotopic (exact) mass is 1310 g/mol. The number of halogens is 9. The fraction of sp³-hybridized carbons (Fsp3) is 0.0370. The molecule has 0 unspecified atom stereocenters. The minimum Gasteiger partial charge on any atom is -0.311 e.